The highest BCUT2D eigenvalue weighted by Crippen LogP contribution is 1.96. The maximum absolute atomic E-state index is 3.46. The minimum atomic E-state index is 0.590. The summed E-state index contributed by atoms with van der Waals surface area (Å²) in [4.78, 5) is 0. The molecule has 0 fully saturated rings. The number of hydrogen-bond acceptors (Lipinski definition) is 0. The molecule has 0 amide bonds. The highest BCUT2D eigenvalue weighted by Gasteiger charge is 2.02. The van der Waals surface area contributed by atoms with E-state index in [4.69, 9.17) is 0 Å². The van der Waals surface area contributed by atoms with Crippen LogP contribution in [-0.4, -0.2) is 18.6 Å². The van der Waals surface area contributed by atoms with Crippen LogP contribution in [-0.2, 0) is 0 Å². The van der Waals surface area contributed by atoms with E-state index in [1.807, 2.05) is 26.5 Å². The summed E-state index contributed by atoms with van der Waals surface area (Å²) >= 11 is 0. The first kappa shape index (κ1) is 8.00. The van der Waals surface area contributed by atoms with Gasteiger partial charge in [-0.2, -0.15) is 0 Å². The summed E-state index contributed by atoms with van der Waals surface area (Å²) in [6.07, 6.45) is 3.64. The highest BCUT2D eigenvalue weighted by atomic mass is 15.3. The fourth-order valence-corrected chi connectivity index (χ4v) is 0.508. The normalized spacial score (nSPS) is 9.11. The molecule has 0 saturated heterocycles. The first-order chi connectivity index (χ1) is 4.12. The van der Waals surface area contributed by atoms with Crippen LogP contribution in [0.25, 0.3) is 0 Å². The van der Waals surface area contributed by atoms with Crippen LogP contribution in [0.4, 0.5) is 0 Å². The Balaban J connectivity index is 4.36. The molecule has 0 bridgehead atoms. The molecule has 0 heterocycles. The van der Waals surface area contributed by atoms with Gasteiger partial charge >= 0.3 is 0 Å². The predicted octanol–water partition coefficient (Wildman–Crippen LogP) is 1.66. The van der Waals surface area contributed by atoms with E-state index in [1.165, 1.54) is 0 Å². The second-order valence-electron chi connectivity index (χ2n) is 2.30. The molecule has 0 radical (unpaired) electrons. The molecule has 0 rings (SSSR count). The molecule has 1 nitrogen and oxygen atoms in total. The average Bonchev–Trinajstić information content (AvgIpc) is 1.64. The van der Waals surface area contributed by atoms with Crippen molar-refractivity contribution in [3.8, 4) is 0 Å². The Morgan fingerprint density at radius 1 is 1.11 bits per heavy atom. The van der Waals surface area contributed by atoms with Gasteiger partial charge in [0.05, 0.1) is 14.1 Å². The Kier molecular flexibility index (Phi) is 2.77. The lowest BCUT2D eigenvalue weighted by Gasteiger charge is -2.15. The monoisotopic (exact) mass is 122 g/mol. The molecule has 0 spiro atoms. The van der Waals surface area contributed by atoms with Crippen molar-refractivity contribution in [1.82, 2.24) is 0 Å². The Hall–Kier alpha value is -1.00. The zero-order chi connectivity index (χ0) is 7.33. The summed E-state index contributed by atoms with van der Waals surface area (Å²) in [5.41, 5.74) is 5.38. The van der Waals surface area contributed by atoms with Crippen molar-refractivity contribution in [1.29, 1.82) is 0 Å². The number of quaternary nitrogens is 1. The summed E-state index contributed by atoms with van der Waals surface area (Å²) in [7, 11) is 3.96. The van der Waals surface area contributed by atoms with Crippen LogP contribution in [0.15, 0.2) is 37.0 Å². The van der Waals surface area contributed by atoms with Gasteiger partial charge in [0.25, 0.3) is 0 Å². The average molecular weight is 122 g/mol. The quantitative estimate of drug-likeness (QED) is 0.386. The summed E-state index contributed by atoms with van der Waals surface area (Å²) in [5, 5.41) is 0. The van der Waals surface area contributed by atoms with E-state index in [9.17, 15) is 0 Å². The molecule has 0 N–H and O–H groups in total. The van der Waals surface area contributed by atoms with Crippen molar-refractivity contribution in [2.75, 3.05) is 14.1 Å². The minimum Gasteiger partial charge on any atom is -0.262 e. The van der Waals surface area contributed by atoms with E-state index in [0.29, 0.717) is 4.48 Å². The van der Waals surface area contributed by atoms with Gasteiger partial charge in [0.15, 0.2) is 0 Å². The Morgan fingerprint density at radius 3 is 1.67 bits per heavy atom. The highest BCUT2D eigenvalue weighted by molar-refractivity contribution is 4.73. The summed E-state index contributed by atoms with van der Waals surface area (Å²) in [6.45, 7) is 6.93. The summed E-state index contributed by atoms with van der Waals surface area (Å²) < 4.78 is 0.590. The van der Waals surface area contributed by atoms with Crippen molar-refractivity contribution in [2.24, 2.45) is 0 Å². The van der Waals surface area contributed by atoms with Crippen LogP contribution in [0.2, 0.25) is 0 Å². The smallest absolute Gasteiger partial charge is 0.143 e. The molecule has 0 aromatic rings. The van der Waals surface area contributed by atoms with Crippen LogP contribution < -0.4 is 0 Å². The van der Waals surface area contributed by atoms with Crippen LogP contribution >= 0.6 is 0 Å². The molecule has 0 aliphatic rings. The molecule has 1 heteroatoms. The van der Waals surface area contributed by atoms with Gasteiger partial charge in [-0.15, -0.1) is 0 Å². The molecular formula is C8H12N+. The maximum Gasteiger partial charge on any atom is 0.143 e. The van der Waals surface area contributed by atoms with E-state index in [0.717, 1.165) is 0 Å². The molecular weight excluding hydrogens is 110 g/mol. The van der Waals surface area contributed by atoms with Crippen LogP contribution in [0, 0.1) is 0 Å². The first-order valence-electron chi connectivity index (χ1n) is 2.70. The Labute approximate surface area is 56.5 Å². The van der Waals surface area contributed by atoms with Gasteiger partial charge in [0.2, 0.25) is 0 Å². The van der Waals surface area contributed by atoms with Crippen molar-refractivity contribution >= 4 is 0 Å². The zero-order valence-corrected chi connectivity index (χ0v) is 6.02. The van der Waals surface area contributed by atoms with Crippen molar-refractivity contribution in [3.63, 3.8) is 0 Å². The number of hydrogen-bond donors (Lipinski definition) is 0. The molecule has 0 saturated carbocycles. The number of nitrogens with zero attached hydrogens (tertiary/aromatic N) is 1. The van der Waals surface area contributed by atoms with Crippen molar-refractivity contribution < 1.29 is 4.48 Å². The lowest BCUT2D eigenvalue weighted by molar-refractivity contribution is -0.783. The summed E-state index contributed by atoms with van der Waals surface area (Å²) in [5.74, 6) is 0. The van der Waals surface area contributed by atoms with Crippen LogP contribution in [0.3, 0.4) is 0 Å². The Morgan fingerprint density at radius 2 is 1.44 bits per heavy atom. The SMILES string of the molecule is C=C=C[N+](C)(C)C=C=C. The fraction of sp³-hybridized carbons (Fsp3) is 0.250. The lowest BCUT2D eigenvalue weighted by Crippen LogP contribution is -2.24. The van der Waals surface area contributed by atoms with Gasteiger partial charge in [-0.05, 0) is 0 Å². The molecule has 0 aliphatic carbocycles. The summed E-state index contributed by atoms with van der Waals surface area (Å²) in [6, 6.07) is 0. The fourth-order valence-electron chi connectivity index (χ4n) is 0.508. The van der Waals surface area contributed by atoms with Crippen molar-refractivity contribution in [3.05, 3.63) is 37.0 Å². The topological polar surface area (TPSA) is 0 Å². The standard InChI is InChI=1S/C8H12N/c1-5-7-9(3,4)8-6-2/h7-8H,1-2H2,3-4H3/q+1. The zero-order valence-electron chi connectivity index (χ0n) is 6.02. The molecule has 0 aromatic carbocycles. The molecule has 0 atom stereocenters. The van der Waals surface area contributed by atoms with E-state index < -0.39 is 0 Å². The van der Waals surface area contributed by atoms with Gasteiger partial charge < -0.3 is 0 Å². The maximum atomic E-state index is 3.46. The third kappa shape index (κ3) is 3.57. The third-order valence-electron chi connectivity index (χ3n) is 0.848. The third-order valence-corrected chi connectivity index (χ3v) is 0.848. The van der Waals surface area contributed by atoms with Gasteiger partial charge in [-0.1, -0.05) is 24.6 Å². The van der Waals surface area contributed by atoms with E-state index >= 15 is 0 Å². The van der Waals surface area contributed by atoms with Gasteiger partial charge in [-0.25, -0.2) is 0 Å². The molecule has 9 heavy (non-hydrogen) atoms. The van der Waals surface area contributed by atoms with Gasteiger partial charge in [-0.3, -0.25) is 4.48 Å². The van der Waals surface area contributed by atoms with Crippen LogP contribution in [0.5, 0.6) is 0 Å². The van der Waals surface area contributed by atoms with Crippen molar-refractivity contribution in [2.45, 2.75) is 0 Å². The van der Waals surface area contributed by atoms with E-state index in [2.05, 4.69) is 24.6 Å². The molecule has 0 aliphatic heterocycles. The van der Waals surface area contributed by atoms with Crippen LogP contribution in [0.1, 0.15) is 0 Å². The second kappa shape index (κ2) is 3.11. The largest absolute Gasteiger partial charge is 0.262 e. The molecule has 0 unspecified atom stereocenters. The molecule has 0 aromatic heterocycles. The van der Waals surface area contributed by atoms with E-state index in [-0.39, 0.29) is 0 Å². The second-order valence-corrected chi connectivity index (χ2v) is 2.30. The van der Waals surface area contributed by atoms with Gasteiger partial charge in [0.1, 0.15) is 12.4 Å². The minimum absolute atomic E-state index is 0.590. The first-order valence-corrected chi connectivity index (χ1v) is 2.70. The molecule has 48 valence electrons. The Bertz CT molecular complexity index is 157. The van der Waals surface area contributed by atoms with E-state index in [1.54, 1.807) is 0 Å². The predicted molar refractivity (Wildman–Crippen MR) is 39.5 cm³/mol. The number of rotatable bonds is 2. The van der Waals surface area contributed by atoms with Gasteiger partial charge in [0, 0.05) is 0 Å². The lowest BCUT2D eigenvalue weighted by atomic mass is 10.6.